The summed E-state index contributed by atoms with van der Waals surface area (Å²) >= 11 is 0. The first-order valence-corrected chi connectivity index (χ1v) is 13.3. The van der Waals surface area contributed by atoms with Crippen molar-refractivity contribution in [2.45, 2.75) is 51.7 Å². The number of piperazine rings is 1. The number of nitrogens with one attached hydrogen (secondary N) is 2. The van der Waals surface area contributed by atoms with Crippen molar-refractivity contribution in [2.75, 3.05) is 26.2 Å². The Morgan fingerprint density at radius 1 is 1.14 bits per heavy atom. The zero-order chi connectivity index (χ0) is 25.9. The molecule has 1 unspecified atom stereocenters. The van der Waals surface area contributed by atoms with Crippen molar-refractivity contribution < 1.29 is 13.6 Å². The zero-order valence-electron chi connectivity index (χ0n) is 21.2. The van der Waals surface area contributed by atoms with Gasteiger partial charge in [0.1, 0.15) is 11.6 Å². The van der Waals surface area contributed by atoms with Gasteiger partial charge in [0, 0.05) is 50.3 Å². The SMILES string of the molecule is CCCn1c(CN2CCNCC2)c(C(=O)NC(c2cccc(F)c2)C2CCC2)c2cccc(F)c2c1=O. The number of carbonyl (C=O) groups excluding carboxylic acids is 1. The Hall–Kier alpha value is -3.10. The second-order valence-electron chi connectivity index (χ2n) is 10.2. The third kappa shape index (κ3) is 5.18. The molecule has 37 heavy (non-hydrogen) atoms. The topological polar surface area (TPSA) is 66.4 Å². The lowest BCUT2D eigenvalue weighted by atomic mass is 9.77. The molecule has 6 nitrogen and oxygen atoms in total. The number of hydrogen-bond acceptors (Lipinski definition) is 4. The van der Waals surface area contributed by atoms with Gasteiger partial charge in [0.2, 0.25) is 0 Å². The molecule has 1 saturated carbocycles. The first-order valence-electron chi connectivity index (χ1n) is 13.3. The summed E-state index contributed by atoms with van der Waals surface area (Å²) in [7, 11) is 0. The van der Waals surface area contributed by atoms with E-state index in [0.29, 0.717) is 36.2 Å². The van der Waals surface area contributed by atoms with Crippen molar-refractivity contribution in [3.05, 3.63) is 81.3 Å². The molecule has 2 aliphatic rings. The molecular weight excluding hydrogens is 474 g/mol. The number of fused-ring (bicyclic) bond motifs is 1. The highest BCUT2D eigenvalue weighted by molar-refractivity contribution is 6.08. The molecule has 3 aromatic rings. The van der Waals surface area contributed by atoms with Gasteiger partial charge in [0.15, 0.2) is 0 Å². The molecule has 1 atom stereocenters. The van der Waals surface area contributed by atoms with E-state index in [1.807, 2.05) is 13.0 Å². The van der Waals surface area contributed by atoms with Gasteiger partial charge in [-0.1, -0.05) is 37.6 Å². The van der Waals surface area contributed by atoms with E-state index in [9.17, 15) is 14.0 Å². The van der Waals surface area contributed by atoms with E-state index >= 15 is 4.39 Å². The van der Waals surface area contributed by atoms with E-state index in [0.717, 1.165) is 51.0 Å². The number of hydrogen-bond donors (Lipinski definition) is 2. The number of benzene rings is 2. The first kappa shape index (κ1) is 25.5. The minimum absolute atomic E-state index is 0.0592. The van der Waals surface area contributed by atoms with Gasteiger partial charge < -0.3 is 15.2 Å². The molecule has 1 aliphatic heterocycles. The fourth-order valence-corrected chi connectivity index (χ4v) is 5.62. The molecule has 2 fully saturated rings. The Morgan fingerprint density at radius 3 is 2.57 bits per heavy atom. The van der Waals surface area contributed by atoms with Crippen molar-refractivity contribution in [3.63, 3.8) is 0 Å². The Morgan fingerprint density at radius 2 is 1.89 bits per heavy atom. The summed E-state index contributed by atoms with van der Waals surface area (Å²) in [6.07, 6.45) is 3.62. The van der Waals surface area contributed by atoms with Gasteiger partial charge in [0.05, 0.1) is 17.0 Å². The predicted molar refractivity (Wildman–Crippen MR) is 141 cm³/mol. The fraction of sp³-hybridized carbons (Fsp3) is 0.448. The molecule has 2 aromatic carbocycles. The summed E-state index contributed by atoms with van der Waals surface area (Å²) in [5.41, 5.74) is 1.26. The van der Waals surface area contributed by atoms with Crippen LogP contribution >= 0.6 is 0 Å². The van der Waals surface area contributed by atoms with Crippen LogP contribution in [0.15, 0.2) is 47.3 Å². The highest BCUT2D eigenvalue weighted by Crippen LogP contribution is 2.38. The minimum Gasteiger partial charge on any atom is -0.345 e. The lowest BCUT2D eigenvalue weighted by Gasteiger charge is -2.35. The Bertz CT molecular complexity index is 1350. The Labute approximate surface area is 215 Å². The molecule has 1 saturated heterocycles. The van der Waals surface area contributed by atoms with Crippen LogP contribution in [0.1, 0.15) is 60.3 Å². The zero-order valence-corrected chi connectivity index (χ0v) is 21.2. The monoisotopic (exact) mass is 508 g/mol. The summed E-state index contributed by atoms with van der Waals surface area (Å²) in [6, 6.07) is 10.5. The van der Waals surface area contributed by atoms with Crippen LogP contribution in [0.5, 0.6) is 0 Å². The van der Waals surface area contributed by atoms with Crippen LogP contribution in [-0.4, -0.2) is 41.6 Å². The molecule has 2 N–H and O–H groups in total. The smallest absolute Gasteiger partial charge is 0.261 e. The van der Waals surface area contributed by atoms with Gasteiger partial charge in [-0.05, 0) is 48.9 Å². The minimum atomic E-state index is -0.629. The second kappa shape index (κ2) is 11.1. The molecule has 1 amide bonds. The molecule has 196 valence electrons. The lowest BCUT2D eigenvalue weighted by Crippen LogP contribution is -2.45. The van der Waals surface area contributed by atoms with Crippen LogP contribution in [-0.2, 0) is 13.1 Å². The molecule has 1 aromatic heterocycles. The summed E-state index contributed by atoms with van der Waals surface area (Å²) in [5, 5.41) is 6.78. The Kier molecular flexibility index (Phi) is 7.67. The maximum atomic E-state index is 15.1. The van der Waals surface area contributed by atoms with Crippen molar-refractivity contribution >= 4 is 16.7 Å². The third-order valence-electron chi connectivity index (χ3n) is 7.73. The van der Waals surface area contributed by atoms with Crippen molar-refractivity contribution in [2.24, 2.45) is 5.92 Å². The normalized spacial score (nSPS) is 17.5. The average molecular weight is 509 g/mol. The predicted octanol–water partition coefficient (Wildman–Crippen LogP) is 4.37. The first-order chi connectivity index (χ1) is 18.0. The lowest BCUT2D eigenvalue weighted by molar-refractivity contribution is 0.0898. The number of aromatic nitrogens is 1. The number of nitrogens with zero attached hydrogens (tertiary/aromatic N) is 2. The van der Waals surface area contributed by atoms with Crippen LogP contribution in [0.2, 0.25) is 0 Å². The molecule has 5 rings (SSSR count). The summed E-state index contributed by atoms with van der Waals surface area (Å²) in [5.74, 6) is -1.13. The van der Waals surface area contributed by atoms with E-state index in [1.165, 1.54) is 18.2 Å². The highest BCUT2D eigenvalue weighted by atomic mass is 19.1. The van der Waals surface area contributed by atoms with Crippen LogP contribution < -0.4 is 16.2 Å². The largest absolute Gasteiger partial charge is 0.345 e. The molecular formula is C29H34F2N4O2. The van der Waals surface area contributed by atoms with Gasteiger partial charge in [-0.3, -0.25) is 14.5 Å². The molecule has 2 heterocycles. The second-order valence-corrected chi connectivity index (χ2v) is 10.2. The highest BCUT2D eigenvalue weighted by Gasteiger charge is 2.32. The van der Waals surface area contributed by atoms with E-state index < -0.39 is 11.4 Å². The van der Waals surface area contributed by atoms with E-state index in [2.05, 4.69) is 15.5 Å². The fourth-order valence-electron chi connectivity index (χ4n) is 5.62. The average Bonchev–Trinajstić information content (AvgIpc) is 2.85. The molecule has 0 radical (unpaired) electrons. The maximum absolute atomic E-state index is 15.1. The van der Waals surface area contributed by atoms with Crippen molar-refractivity contribution in [1.29, 1.82) is 0 Å². The van der Waals surface area contributed by atoms with Gasteiger partial charge in [-0.25, -0.2) is 8.78 Å². The number of carbonyl (C=O) groups is 1. The summed E-state index contributed by atoms with van der Waals surface area (Å²) in [4.78, 5) is 29.9. The van der Waals surface area contributed by atoms with Gasteiger partial charge in [-0.2, -0.15) is 0 Å². The van der Waals surface area contributed by atoms with Crippen molar-refractivity contribution in [1.82, 2.24) is 20.1 Å². The van der Waals surface area contributed by atoms with Crippen molar-refractivity contribution in [3.8, 4) is 0 Å². The van der Waals surface area contributed by atoms with Crippen LogP contribution in [0, 0.1) is 17.6 Å². The Balaban J connectivity index is 1.64. The molecule has 1 aliphatic carbocycles. The van der Waals surface area contributed by atoms with Crippen LogP contribution in [0.25, 0.3) is 10.8 Å². The quantitative estimate of drug-likeness (QED) is 0.475. The number of pyridine rings is 1. The van der Waals surface area contributed by atoms with E-state index in [1.54, 1.807) is 22.8 Å². The number of rotatable bonds is 8. The molecule has 0 bridgehead atoms. The van der Waals surface area contributed by atoms with Crippen LogP contribution in [0.3, 0.4) is 0 Å². The summed E-state index contributed by atoms with van der Waals surface area (Å²) in [6.45, 7) is 5.99. The maximum Gasteiger partial charge on any atom is 0.261 e. The third-order valence-corrected chi connectivity index (χ3v) is 7.73. The number of halogens is 2. The molecule has 0 spiro atoms. The van der Waals surface area contributed by atoms with E-state index in [-0.39, 0.29) is 29.1 Å². The van der Waals surface area contributed by atoms with Gasteiger partial charge in [-0.15, -0.1) is 0 Å². The van der Waals surface area contributed by atoms with E-state index in [4.69, 9.17) is 0 Å². The van der Waals surface area contributed by atoms with Crippen LogP contribution in [0.4, 0.5) is 8.78 Å². The summed E-state index contributed by atoms with van der Waals surface area (Å²) < 4.78 is 30.8. The van der Waals surface area contributed by atoms with Gasteiger partial charge >= 0.3 is 0 Å². The number of amides is 1. The molecule has 8 heteroatoms. The standard InChI is InChI=1S/C29H34F2N4O2/c1-2-14-35-24(18-34-15-12-32-13-16-34)26(22-10-5-11-23(31)25(22)29(35)37)28(36)33-27(19-6-3-7-19)20-8-4-9-21(30)17-20/h4-5,8-11,17,19,27,32H,2-3,6-7,12-16,18H2,1H3,(H,33,36). The van der Waals surface area contributed by atoms with Gasteiger partial charge in [0.25, 0.3) is 11.5 Å².